The minimum atomic E-state index is 0.227. The minimum Gasteiger partial charge on any atom is -0.456 e. The molecule has 0 fully saturated rings. The Balaban J connectivity index is 1.24. The van der Waals surface area contributed by atoms with Crippen LogP contribution < -0.4 is 0 Å². The summed E-state index contributed by atoms with van der Waals surface area (Å²) >= 11 is 0. The number of fused-ring (bicyclic) bond motifs is 20. The minimum absolute atomic E-state index is 0.227. The van der Waals surface area contributed by atoms with E-state index in [-0.39, 0.29) is 11.1 Å². The van der Waals surface area contributed by atoms with E-state index in [4.69, 9.17) is 8.83 Å². The molecule has 0 aliphatic rings. The molecule has 0 spiro atoms. The van der Waals surface area contributed by atoms with E-state index in [0.717, 1.165) is 165 Å². The van der Waals surface area contributed by atoms with E-state index in [2.05, 4.69) is 228 Å². The number of para-hydroxylation sites is 4. The predicted octanol–water partition coefficient (Wildman–Crippen LogP) is 18.9. The number of nitriles is 2. The van der Waals surface area contributed by atoms with Crippen molar-refractivity contribution in [2.24, 2.45) is 0 Å². The largest absolute Gasteiger partial charge is 0.456 e. The smallest absolute Gasteiger partial charge is 0.137 e. The Morgan fingerprint density at radius 3 is 0.975 bits per heavy atom. The van der Waals surface area contributed by atoms with Gasteiger partial charge in [-0.15, -0.1) is 0 Å². The molecule has 17 rings (SSSR count). The first-order chi connectivity index (χ1) is 39.3. The first kappa shape index (κ1) is 44.3. The molecule has 0 aliphatic heterocycles. The summed E-state index contributed by atoms with van der Waals surface area (Å²) in [5.74, 6) is 0. The number of aryl methyl sites for hydroxylation is 4. The fourth-order valence-electron chi connectivity index (χ4n) is 13.8. The lowest BCUT2D eigenvalue weighted by Crippen LogP contribution is -2.17. The second kappa shape index (κ2) is 15.9. The molecule has 0 N–H and O–H groups in total. The molecule has 0 aliphatic carbocycles. The Bertz CT molecular complexity index is 5280. The lowest BCUT2D eigenvalue weighted by Gasteiger charge is -2.28. The molecule has 8 heteroatoms. The van der Waals surface area contributed by atoms with Gasteiger partial charge in [0.05, 0.1) is 88.8 Å². The van der Waals surface area contributed by atoms with Gasteiger partial charge in [-0.3, -0.25) is 0 Å². The normalized spacial score (nSPS) is 12.2. The van der Waals surface area contributed by atoms with E-state index in [1.54, 1.807) is 0 Å². The fourth-order valence-corrected chi connectivity index (χ4v) is 13.8. The summed E-state index contributed by atoms with van der Waals surface area (Å²) in [5.41, 5.74) is 17.8. The van der Waals surface area contributed by atoms with Crippen molar-refractivity contribution >= 4 is 131 Å². The molecule has 8 nitrogen and oxygen atoms in total. The van der Waals surface area contributed by atoms with Gasteiger partial charge in [-0.25, -0.2) is 0 Å². The van der Waals surface area contributed by atoms with E-state index in [9.17, 15) is 10.5 Å². The molecule has 0 unspecified atom stereocenters. The van der Waals surface area contributed by atoms with Crippen LogP contribution in [0.25, 0.3) is 154 Å². The molecular weight excluding hydrogens is 981 g/mol. The summed E-state index contributed by atoms with van der Waals surface area (Å²) < 4.78 is 22.8. The van der Waals surface area contributed by atoms with Gasteiger partial charge in [-0.05, 0) is 125 Å². The van der Waals surface area contributed by atoms with Crippen LogP contribution in [0, 0.1) is 50.4 Å². The van der Waals surface area contributed by atoms with Gasteiger partial charge < -0.3 is 27.1 Å². The van der Waals surface area contributed by atoms with Crippen LogP contribution in [0.5, 0.6) is 0 Å². The number of benzene rings is 11. The third-order valence-corrected chi connectivity index (χ3v) is 17.0. The van der Waals surface area contributed by atoms with E-state index in [1.807, 2.05) is 24.3 Å². The quantitative estimate of drug-likeness (QED) is 0.175. The molecule has 6 aromatic heterocycles. The van der Waals surface area contributed by atoms with Crippen LogP contribution in [-0.2, 0) is 0 Å². The van der Waals surface area contributed by atoms with Gasteiger partial charge in [-0.2, -0.15) is 10.5 Å². The fraction of sp³-hybridized carbons (Fsp3) is 0.0556. The molecule has 80 heavy (non-hydrogen) atoms. The molecular formula is C72H44N6O2. The summed E-state index contributed by atoms with van der Waals surface area (Å²) in [6.07, 6.45) is 0. The van der Waals surface area contributed by atoms with Gasteiger partial charge in [-0.1, -0.05) is 119 Å². The van der Waals surface area contributed by atoms with Gasteiger partial charge >= 0.3 is 0 Å². The van der Waals surface area contributed by atoms with Gasteiger partial charge in [0, 0.05) is 53.9 Å². The Hall–Kier alpha value is -10.8. The van der Waals surface area contributed by atoms with E-state index in [1.165, 1.54) is 0 Å². The maximum absolute atomic E-state index is 12.6. The Morgan fingerprint density at radius 2 is 0.613 bits per heavy atom. The van der Waals surface area contributed by atoms with E-state index < -0.39 is 0 Å². The molecule has 11 aromatic carbocycles. The number of hydrogen-bond donors (Lipinski definition) is 0. The van der Waals surface area contributed by atoms with Crippen LogP contribution in [0.2, 0.25) is 0 Å². The van der Waals surface area contributed by atoms with Crippen LogP contribution in [0.4, 0.5) is 0 Å². The van der Waals surface area contributed by atoms with E-state index >= 15 is 0 Å². The molecule has 0 radical (unpaired) electrons. The molecule has 0 saturated carbocycles. The number of nitrogens with zero attached hydrogens (tertiary/aromatic N) is 6. The lowest BCUT2D eigenvalue weighted by atomic mass is 9.98. The first-order valence-electron chi connectivity index (χ1n) is 27.0. The number of rotatable bonds is 4. The van der Waals surface area contributed by atoms with Crippen LogP contribution in [0.3, 0.4) is 0 Å². The maximum atomic E-state index is 12.6. The summed E-state index contributed by atoms with van der Waals surface area (Å²) in [6, 6.07) is 74.1. The highest BCUT2D eigenvalue weighted by Gasteiger charge is 2.36. The second-order valence-electron chi connectivity index (χ2n) is 21.7. The van der Waals surface area contributed by atoms with Crippen molar-refractivity contribution in [3.63, 3.8) is 0 Å². The summed E-state index contributed by atoms with van der Waals surface area (Å²) in [6.45, 7) is 8.58. The van der Waals surface area contributed by atoms with Crippen molar-refractivity contribution in [1.29, 1.82) is 10.5 Å². The van der Waals surface area contributed by atoms with Crippen molar-refractivity contribution < 1.29 is 8.83 Å². The zero-order valence-corrected chi connectivity index (χ0v) is 44.0. The SMILES string of the molecule is Cc1ccc2c(c1)c1cc(C)ccc1n2-c1c(-n2c3ccc(C)cc3c3cc(C)ccc32)c(-n2c3ccccc3c3ccc4oc5ccccc5c4c32)c(C#N)c(C#N)c1-n1c2ccccc2c2ccc3oc4ccccc4c3c21. The highest BCUT2D eigenvalue weighted by molar-refractivity contribution is 6.27. The predicted molar refractivity (Wildman–Crippen MR) is 327 cm³/mol. The summed E-state index contributed by atoms with van der Waals surface area (Å²) in [7, 11) is 0. The van der Waals surface area contributed by atoms with Crippen molar-refractivity contribution in [2.45, 2.75) is 27.7 Å². The maximum Gasteiger partial charge on any atom is 0.137 e. The van der Waals surface area contributed by atoms with Crippen LogP contribution in [-0.4, -0.2) is 18.3 Å². The van der Waals surface area contributed by atoms with Gasteiger partial charge in [0.15, 0.2) is 0 Å². The molecule has 0 amide bonds. The van der Waals surface area contributed by atoms with Crippen molar-refractivity contribution in [3.8, 4) is 34.9 Å². The van der Waals surface area contributed by atoms with E-state index in [0.29, 0.717) is 11.4 Å². The summed E-state index contributed by atoms with van der Waals surface area (Å²) in [4.78, 5) is 0. The first-order valence-corrected chi connectivity index (χ1v) is 27.0. The highest BCUT2D eigenvalue weighted by Crippen LogP contribution is 2.52. The van der Waals surface area contributed by atoms with Crippen LogP contribution >= 0.6 is 0 Å². The molecule has 0 atom stereocenters. The Morgan fingerprint density at radius 1 is 0.287 bits per heavy atom. The van der Waals surface area contributed by atoms with Gasteiger partial charge in [0.25, 0.3) is 0 Å². The van der Waals surface area contributed by atoms with Crippen molar-refractivity contribution in [2.75, 3.05) is 0 Å². The third kappa shape index (κ3) is 5.71. The van der Waals surface area contributed by atoms with Gasteiger partial charge in [0.1, 0.15) is 34.5 Å². The molecule has 0 saturated heterocycles. The van der Waals surface area contributed by atoms with Gasteiger partial charge in [0.2, 0.25) is 0 Å². The van der Waals surface area contributed by atoms with Crippen LogP contribution in [0.15, 0.2) is 203 Å². The highest BCUT2D eigenvalue weighted by atomic mass is 16.3. The molecule has 6 heterocycles. The second-order valence-corrected chi connectivity index (χ2v) is 21.7. The zero-order chi connectivity index (χ0) is 53.4. The molecule has 17 aromatic rings. The monoisotopic (exact) mass is 1020 g/mol. The Kier molecular flexibility index (Phi) is 8.81. The summed E-state index contributed by atoms with van der Waals surface area (Å²) in [5, 5.41) is 37.3. The van der Waals surface area contributed by atoms with Crippen molar-refractivity contribution in [3.05, 3.63) is 228 Å². The average Bonchev–Trinajstić information content (AvgIpc) is 4.50. The molecule has 0 bridgehead atoms. The standard InChI is InChI=1S/C72H44N6O2/c1-39-21-27-57-49(33-39)50-34-40(2)22-28-58(50)75(57)71-69(77-55-17-9-5-13-43(55)45-25-31-63-65(67(45)77)47-15-7-11-19-61(47)79-63)53(37-73)54(38-74)70(72(71)76-59-29-23-41(3)35-51(59)52-36-42(4)24-30-60(52)76)78-56-18-10-6-14-44(56)46-26-32-64-66(68(46)78)48-16-8-12-20-62(48)80-64/h5-36H,1-4H3. The van der Waals surface area contributed by atoms with Crippen LogP contribution in [0.1, 0.15) is 33.4 Å². The average molecular weight is 1030 g/mol. The number of hydrogen-bond acceptors (Lipinski definition) is 4. The number of aromatic nitrogens is 4. The number of furan rings is 2. The Labute approximate surface area is 456 Å². The third-order valence-electron chi connectivity index (χ3n) is 17.0. The van der Waals surface area contributed by atoms with Crippen molar-refractivity contribution in [1.82, 2.24) is 18.3 Å². The topological polar surface area (TPSA) is 93.6 Å². The zero-order valence-electron chi connectivity index (χ0n) is 44.0. The lowest BCUT2D eigenvalue weighted by molar-refractivity contribution is 0.669. The molecule has 374 valence electrons.